The van der Waals surface area contributed by atoms with Gasteiger partial charge in [0.1, 0.15) is 5.54 Å². The van der Waals surface area contributed by atoms with E-state index in [-0.39, 0.29) is 18.9 Å². The summed E-state index contributed by atoms with van der Waals surface area (Å²) < 4.78 is 0. The third-order valence-electron chi connectivity index (χ3n) is 4.53. The van der Waals surface area contributed by atoms with Crippen LogP contribution in [0.2, 0.25) is 0 Å². The third kappa shape index (κ3) is 2.47. The molecule has 1 spiro atoms. The van der Waals surface area contributed by atoms with Gasteiger partial charge in [0.2, 0.25) is 0 Å². The van der Waals surface area contributed by atoms with E-state index >= 15 is 0 Å². The normalized spacial score (nSPS) is 24.0. The Morgan fingerprint density at radius 2 is 2.26 bits per heavy atom. The number of aryl methyl sites for hydroxylation is 1. The van der Waals surface area contributed by atoms with Gasteiger partial charge in [0, 0.05) is 23.4 Å². The number of hydrogen-bond donors (Lipinski definition) is 1. The maximum absolute atomic E-state index is 13.0. The molecule has 0 radical (unpaired) electrons. The molecule has 118 valence electrons. The minimum Gasteiger partial charge on any atom is -0.319 e. The monoisotopic (exact) mass is 328 g/mol. The fourth-order valence-corrected chi connectivity index (χ4v) is 4.36. The Morgan fingerprint density at radius 1 is 1.43 bits per heavy atom. The van der Waals surface area contributed by atoms with Gasteiger partial charge in [-0.3, -0.25) is 9.69 Å². The largest absolute Gasteiger partial charge is 0.325 e. The van der Waals surface area contributed by atoms with Crippen molar-refractivity contribution in [1.82, 2.24) is 10.2 Å². The molecule has 1 aromatic heterocycles. The van der Waals surface area contributed by atoms with Gasteiger partial charge >= 0.3 is 6.03 Å². The predicted molar refractivity (Wildman–Crippen MR) is 83.1 cm³/mol. The second-order valence-electron chi connectivity index (χ2n) is 5.89. The lowest BCUT2D eigenvalue weighted by Gasteiger charge is -2.31. The van der Waals surface area contributed by atoms with E-state index < -0.39 is 17.5 Å². The second-order valence-corrected chi connectivity index (χ2v) is 6.89. The first-order valence-corrected chi connectivity index (χ1v) is 8.48. The fourth-order valence-electron chi connectivity index (χ4n) is 3.36. The number of hydrogen-bond acceptors (Lipinski definition) is 5. The van der Waals surface area contributed by atoms with Crippen LogP contribution in [0.4, 0.5) is 4.79 Å². The van der Waals surface area contributed by atoms with Gasteiger partial charge < -0.3 is 5.32 Å². The highest BCUT2D eigenvalue weighted by molar-refractivity contribution is 7.10. The first kappa shape index (κ1) is 15.5. The number of rotatable bonds is 4. The van der Waals surface area contributed by atoms with Gasteiger partial charge in [-0.05, 0) is 37.1 Å². The lowest BCUT2D eigenvalue weighted by Crippen LogP contribution is -2.46. The molecule has 2 aliphatic rings. The number of nitrogens with one attached hydrogen (secondary N) is 1. The molecule has 6 nitrogen and oxygen atoms in total. The number of carbonyl (C=O) groups is 2. The highest BCUT2D eigenvalue weighted by Crippen LogP contribution is 2.42. The van der Waals surface area contributed by atoms with E-state index in [1.165, 1.54) is 0 Å². The number of imide groups is 1. The Balaban J connectivity index is 1.85. The molecule has 2 heterocycles. The van der Waals surface area contributed by atoms with E-state index in [9.17, 15) is 14.9 Å². The molecule has 1 aliphatic heterocycles. The average Bonchev–Trinajstić information content (AvgIpc) is 3.11. The van der Waals surface area contributed by atoms with Crippen LogP contribution < -0.4 is 5.32 Å². The van der Waals surface area contributed by atoms with Gasteiger partial charge in [-0.15, -0.1) is 11.3 Å². The minimum atomic E-state index is -0.958. The van der Waals surface area contributed by atoms with Crippen molar-refractivity contribution >= 4 is 23.3 Å². The molecule has 23 heavy (non-hydrogen) atoms. The SMILES string of the molecule is N#CCC[C@@H](C#N)CN1C(=O)N[C@]2(CCCc3sccc32)C1=O. The van der Waals surface area contributed by atoms with Crippen molar-refractivity contribution in [3.8, 4) is 12.1 Å². The number of carbonyl (C=O) groups excluding carboxylic acids is 2. The van der Waals surface area contributed by atoms with E-state index in [1.54, 1.807) is 11.3 Å². The van der Waals surface area contributed by atoms with Crippen LogP contribution in [0.5, 0.6) is 0 Å². The van der Waals surface area contributed by atoms with Crippen LogP contribution >= 0.6 is 11.3 Å². The zero-order valence-corrected chi connectivity index (χ0v) is 13.4. The molecule has 1 aliphatic carbocycles. The lowest BCUT2D eigenvalue weighted by molar-refractivity contribution is -0.132. The second kappa shape index (κ2) is 6.02. The fraction of sp³-hybridized carbons (Fsp3) is 0.500. The summed E-state index contributed by atoms with van der Waals surface area (Å²) in [6.45, 7) is 0.0457. The maximum Gasteiger partial charge on any atom is 0.325 e. The van der Waals surface area contributed by atoms with E-state index in [1.807, 2.05) is 17.5 Å². The van der Waals surface area contributed by atoms with Gasteiger partial charge in [0.15, 0.2) is 0 Å². The number of nitrogens with zero attached hydrogens (tertiary/aromatic N) is 3. The van der Waals surface area contributed by atoms with Crippen LogP contribution in [-0.4, -0.2) is 23.4 Å². The van der Waals surface area contributed by atoms with Crippen molar-refractivity contribution in [1.29, 1.82) is 10.5 Å². The van der Waals surface area contributed by atoms with Gasteiger partial charge in [-0.1, -0.05) is 0 Å². The molecule has 0 bridgehead atoms. The number of urea groups is 1. The molecule has 0 unspecified atom stereocenters. The van der Waals surface area contributed by atoms with Crippen molar-refractivity contribution < 1.29 is 9.59 Å². The summed E-state index contributed by atoms with van der Waals surface area (Å²) in [6.07, 6.45) is 2.97. The van der Waals surface area contributed by atoms with E-state index in [2.05, 4.69) is 11.4 Å². The molecule has 1 aromatic rings. The molecule has 1 fully saturated rings. The van der Waals surface area contributed by atoms with Gasteiger partial charge in [-0.2, -0.15) is 10.5 Å². The Bertz CT molecular complexity index is 729. The highest BCUT2D eigenvalue weighted by Gasteiger charge is 2.54. The summed E-state index contributed by atoms with van der Waals surface area (Å²) in [5, 5.41) is 22.6. The first-order valence-electron chi connectivity index (χ1n) is 7.60. The van der Waals surface area contributed by atoms with Crippen molar-refractivity contribution in [2.75, 3.05) is 6.54 Å². The molecule has 3 rings (SSSR count). The zero-order valence-electron chi connectivity index (χ0n) is 12.5. The number of nitriles is 2. The molecule has 0 saturated carbocycles. The molecule has 0 aromatic carbocycles. The van der Waals surface area contributed by atoms with E-state index in [0.717, 1.165) is 28.2 Å². The molecular weight excluding hydrogens is 312 g/mol. The van der Waals surface area contributed by atoms with Gasteiger partial charge in [0.05, 0.1) is 18.1 Å². The smallest absolute Gasteiger partial charge is 0.319 e. The Morgan fingerprint density at radius 3 is 3.00 bits per heavy atom. The van der Waals surface area contributed by atoms with Crippen LogP contribution in [0.3, 0.4) is 0 Å². The van der Waals surface area contributed by atoms with Crippen molar-refractivity contribution in [2.45, 2.75) is 37.6 Å². The molecule has 3 amide bonds. The lowest BCUT2D eigenvalue weighted by atomic mass is 9.80. The topological polar surface area (TPSA) is 97.0 Å². The van der Waals surface area contributed by atoms with Crippen LogP contribution in [0, 0.1) is 28.6 Å². The third-order valence-corrected chi connectivity index (χ3v) is 5.51. The number of thiophene rings is 1. The highest BCUT2D eigenvalue weighted by atomic mass is 32.1. The predicted octanol–water partition coefficient (Wildman–Crippen LogP) is 2.28. The summed E-state index contributed by atoms with van der Waals surface area (Å²) in [4.78, 5) is 27.6. The van der Waals surface area contributed by atoms with Crippen molar-refractivity contribution in [3.05, 3.63) is 21.9 Å². The summed E-state index contributed by atoms with van der Waals surface area (Å²) in [6, 6.07) is 5.56. The van der Waals surface area contributed by atoms with Crippen molar-refractivity contribution in [2.24, 2.45) is 5.92 Å². The van der Waals surface area contributed by atoms with Crippen LogP contribution in [0.25, 0.3) is 0 Å². The molecule has 1 N–H and O–H groups in total. The standard InChI is InChI=1S/C16H16N4O2S/c17-7-2-3-11(9-18)10-20-14(21)16(19-15(20)22)6-1-4-13-12(16)5-8-23-13/h5,8,11H,1-4,6,10H2,(H,19,22)/t11-,16-/m0/s1. The number of fused-ring (bicyclic) bond motifs is 2. The van der Waals surface area contributed by atoms with Gasteiger partial charge in [0.25, 0.3) is 5.91 Å². The van der Waals surface area contributed by atoms with Crippen LogP contribution in [-0.2, 0) is 16.8 Å². The summed E-state index contributed by atoms with van der Waals surface area (Å²) in [7, 11) is 0. The average molecular weight is 328 g/mol. The molecule has 2 atom stereocenters. The van der Waals surface area contributed by atoms with Gasteiger partial charge in [-0.25, -0.2) is 4.79 Å². The minimum absolute atomic E-state index is 0.0457. The van der Waals surface area contributed by atoms with E-state index in [0.29, 0.717) is 12.8 Å². The van der Waals surface area contributed by atoms with E-state index in [4.69, 9.17) is 5.26 Å². The number of amides is 3. The summed E-state index contributed by atoms with van der Waals surface area (Å²) >= 11 is 1.61. The first-order chi connectivity index (χ1) is 11.1. The molecule has 7 heteroatoms. The summed E-state index contributed by atoms with van der Waals surface area (Å²) in [5.74, 6) is -0.774. The Hall–Kier alpha value is -2.38. The molecule has 1 saturated heterocycles. The van der Waals surface area contributed by atoms with Crippen LogP contribution in [0.1, 0.15) is 36.1 Å². The maximum atomic E-state index is 13.0. The Labute approximate surface area is 138 Å². The molecular formula is C16H16N4O2S. The van der Waals surface area contributed by atoms with Crippen molar-refractivity contribution in [3.63, 3.8) is 0 Å². The Kier molecular flexibility index (Phi) is 4.06. The quantitative estimate of drug-likeness (QED) is 0.857. The zero-order chi connectivity index (χ0) is 16.4. The summed E-state index contributed by atoms with van der Waals surface area (Å²) in [5.41, 5.74) is -0.0555. The van der Waals surface area contributed by atoms with Crippen LogP contribution in [0.15, 0.2) is 11.4 Å².